The van der Waals surface area contributed by atoms with Gasteiger partial charge in [-0.1, -0.05) is 54.5 Å². The summed E-state index contributed by atoms with van der Waals surface area (Å²) >= 11 is 0. The van der Waals surface area contributed by atoms with Gasteiger partial charge in [-0.25, -0.2) is 0 Å². The second-order valence-corrected chi connectivity index (χ2v) is 5.64. The van der Waals surface area contributed by atoms with Crippen LogP contribution in [0, 0.1) is 6.92 Å². The van der Waals surface area contributed by atoms with E-state index < -0.39 is 0 Å². The smallest absolute Gasteiger partial charge is 0.268 e. The number of rotatable bonds is 6. The van der Waals surface area contributed by atoms with Crippen molar-refractivity contribution in [1.82, 2.24) is 10.1 Å². The summed E-state index contributed by atoms with van der Waals surface area (Å²) < 4.78 is 11.5. The quantitative estimate of drug-likeness (QED) is 0.741. The van der Waals surface area contributed by atoms with E-state index in [1.807, 2.05) is 62.4 Å². The molecule has 2 aromatic carbocycles. The third-order valence-corrected chi connectivity index (χ3v) is 3.90. The molecule has 1 unspecified atom stereocenters. The Morgan fingerprint density at radius 1 is 1.12 bits per heavy atom. The molecule has 1 heterocycles. The molecule has 0 saturated heterocycles. The minimum Gasteiger partial charge on any atom is -0.480 e. The zero-order valence-electron chi connectivity index (χ0n) is 13.9. The van der Waals surface area contributed by atoms with Crippen LogP contribution in [0.5, 0.6) is 5.75 Å². The monoisotopic (exact) mass is 323 g/mol. The Hall–Kier alpha value is -2.66. The van der Waals surface area contributed by atoms with Crippen LogP contribution in [-0.4, -0.2) is 10.1 Å². The van der Waals surface area contributed by atoms with Crippen LogP contribution in [0.2, 0.25) is 0 Å². The zero-order valence-corrected chi connectivity index (χ0v) is 13.9. The van der Waals surface area contributed by atoms with Crippen molar-refractivity contribution in [2.45, 2.75) is 32.9 Å². The van der Waals surface area contributed by atoms with Crippen LogP contribution in [0.25, 0.3) is 11.4 Å². The summed E-state index contributed by atoms with van der Waals surface area (Å²) in [6.07, 6.45) is 0.470. The van der Waals surface area contributed by atoms with Crippen molar-refractivity contribution in [3.63, 3.8) is 0 Å². The SMILES string of the molecule is CCC(Oc1ccccc1C)c1nc(-c2ccc(CN)cc2)no1. The summed E-state index contributed by atoms with van der Waals surface area (Å²) in [6, 6.07) is 15.7. The minimum atomic E-state index is -0.268. The number of aromatic nitrogens is 2. The van der Waals surface area contributed by atoms with Crippen LogP contribution in [0.15, 0.2) is 53.1 Å². The molecule has 5 nitrogen and oxygen atoms in total. The van der Waals surface area contributed by atoms with Gasteiger partial charge in [0.25, 0.3) is 5.89 Å². The topological polar surface area (TPSA) is 74.2 Å². The lowest BCUT2D eigenvalue weighted by molar-refractivity contribution is 0.153. The normalized spacial score (nSPS) is 12.1. The summed E-state index contributed by atoms with van der Waals surface area (Å²) in [6.45, 7) is 4.56. The van der Waals surface area contributed by atoms with E-state index in [1.165, 1.54) is 0 Å². The molecule has 3 aromatic rings. The molecule has 3 rings (SSSR count). The first-order chi connectivity index (χ1) is 11.7. The Kier molecular flexibility index (Phi) is 4.91. The molecule has 0 spiro atoms. The zero-order chi connectivity index (χ0) is 16.9. The van der Waals surface area contributed by atoms with Gasteiger partial charge in [-0.2, -0.15) is 4.98 Å². The minimum absolute atomic E-state index is 0.268. The molecule has 0 radical (unpaired) electrons. The van der Waals surface area contributed by atoms with E-state index in [-0.39, 0.29) is 6.10 Å². The van der Waals surface area contributed by atoms with Gasteiger partial charge in [0.1, 0.15) is 5.75 Å². The van der Waals surface area contributed by atoms with Gasteiger partial charge < -0.3 is 15.0 Å². The highest BCUT2D eigenvalue weighted by atomic mass is 16.5. The van der Waals surface area contributed by atoms with Gasteiger partial charge in [-0.15, -0.1) is 0 Å². The van der Waals surface area contributed by atoms with Crippen molar-refractivity contribution in [2.75, 3.05) is 0 Å². The number of benzene rings is 2. The Balaban J connectivity index is 1.80. The van der Waals surface area contributed by atoms with Crippen LogP contribution in [-0.2, 0) is 6.54 Å². The average Bonchev–Trinajstić information content (AvgIpc) is 3.11. The van der Waals surface area contributed by atoms with Crippen LogP contribution in [0.1, 0.15) is 36.5 Å². The van der Waals surface area contributed by atoms with Crippen LogP contribution >= 0.6 is 0 Å². The highest BCUT2D eigenvalue weighted by Crippen LogP contribution is 2.27. The van der Waals surface area contributed by atoms with Gasteiger partial charge in [-0.3, -0.25) is 0 Å². The molecule has 1 atom stereocenters. The first-order valence-electron chi connectivity index (χ1n) is 8.06. The molecule has 124 valence electrons. The first-order valence-corrected chi connectivity index (χ1v) is 8.06. The molecule has 0 bridgehead atoms. The second kappa shape index (κ2) is 7.27. The molecular formula is C19H21N3O2. The molecule has 1 aromatic heterocycles. The third-order valence-electron chi connectivity index (χ3n) is 3.90. The molecular weight excluding hydrogens is 302 g/mol. The van der Waals surface area contributed by atoms with Gasteiger partial charge in [-0.05, 0) is 30.5 Å². The van der Waals surface area contributed by atoms with Crippen LogP contribution in [0.4, 0.5) is 0 Å². The van der Waals surface area contributed by atoms with E-state index in [9.17, 15) is 0 Å². The summed E-state index contributed by atoms with van der Waals surface area (Å²) in [5, 5.41) is 4.08. The largest absolute Gasteiger partial charge is 0.480 e. The molecule has 0 saturated carbocycles. The predicted molar refractivity (Wildman–Crippen MR) is 92.5 cm³/mol. The molecule has 24 heavy (non-hydrogen) atoms. The van der Waals surface area contributed by atoms with Gasteiger partial charge in [0.2, 0.25) is 5.82 Å². The van der Waals surface area contributed by atoms with Crippen molar-refractivity contribution in [3.05, 3.63) is 65.5 Å². The Morgan fingerprint density at radius 2 is 1.88 bits per heavy atom. The Bertz CT molecular complexity index is 796. The number of para-hydroxylation sites is 1. The predicted octanol–water partition coefficient (Wildman–Crippen LogP) is 4.03. The molecule has 0 aliphatic rings. The van der Waals surface area contributed by atoms with E-state index in [2.05, 4.69) is 10.1 Å². The van der Waals surface area contributed by atoms with Crippen molar-refractivity contribution in [1.29, 1.82) is 0 Å². The molecule has 2 N–H and O–H groups in total. The maximum absolute atomic E-state index is 6.05. The van der Waals surface area contributed by atoms with Crippen LogP contribution in [0.3, 0.4) is 0 Å². The molecule has 5 heteroatoms. The summed E-state index contributed by atoms with van der Waals surface area (Å²) in [5.41, 5.74) is 8.66. The number of nitrogens with zero attached hydrogens (tertiary/aromatic N) is 2. The number of nitrogens with two attached hydrogens (primary N) is 1. The molecule has 0 aliphatic heterocycles. The average molecular weight is 323 g/mol. The van der Waals surface area contributed by atoms with Gasteiger partial charge in [0.05, 0.1) is 0 Å². The first kappa shape index (κ1) is 16.2. The summed E-state index contributed by atoms with van der Waals surface area (Å²) in [5.74, 6) is 1.87. The lowest BCUT2D eigenvalue weighted by atomic mass is 10.1. The van der Waals surface area contributed by atoms with Crippen molar-refractivity contribution < 1.29 is 9.26 Å². The standard InChI is InChI=1S/C19H21N3O2/c1-3-16(23-17-7-5-4-6-13(17)2)19-21-18(22-24-19)15-10-8-14(12-20)9-11-15/h4-11,16H,3,12,20H2,1-2H3. The van der Waals surface area contributed by atoms with Gasteiger partial charge in [0.15, 0.2) is 6.10 Å². The van der Waals surface area contributed by atoms with E-state index in [1.54, 1.807) is 0 Å². The molecule has 0 amide bonds. The number of hydrogen-bond acceptors (Lipinski definition) is 5. The van der Waals surface area contributed by atoms with E-state index in [4.69, 9.17) is 15.0 Å². The maximum Gasteiger partial charge on any atom is 0.268 e. The fourth-order valence-corrected chi connectivity index (χ4v) is 2.42. The maximum atomic E-state index is 6.05. The fourth-order valence-electron chi connectivity index (χ4n) is 2.42. The Morgan fingerprint density at radius 3 is 2.54 bits per heavy atom. The van der Waals surface area contributed by atoms with E-state index in [0.717, 1.165) is 28.9 Å². The number of aryl methyl sites for hydroxylation is 1. The summed E-state index contributed by atoms with van der Waals surface area (Å²) in [4.78, 5) is 4.50. The highest BCUT2D eigenvalue weighted by molar-refractivity contribution is 5.54. The van der Waals surface area contributed by atoms with Gasteiger partial charge >= 0.3 is 0 Å². The molecule has 0 aliphatic carbocycles. The van der Waals surface area contributed by atoms with Crippen molar-refractivity contribution in [2.24, 2.45) is 5.73 Å². The van der Waals surface area contributed by atoms with Crippen molar-refractivity contribution >= 4 is 0 Å². The fraction of sp³-hybridized carbons (Fsp3) is 0.263. The van der Waals surface area contributed by atoms with E-state index >= 15 is 0 Å². The highest BCUT2D eigenvalue weighted by Gasteiger charge is 2.20. The second-order valence-electron chi connectivity index (χ2n) is 5.64. The number of hydrogen-bond donors (Lipinski definition) is 1. The van der Waals surface area contributed by atoms with E-state index in [0.29, 0.717) is 18.3 Å². The van der Waals surface area contributed by atoms with Crippen molar-refractivity contribution in [3.8, 4) is 17.1 Å². The van der Waals surface area contributed by atoms with Gasteiger partial charge in [0, 0.05) is 12.1 Å². The lowest BCUT2D eigenvalue weighted by Gasteiger charge is -2.15. The third kappa shape index (κ3) is 3.46. The molecule has 0 fully saturated rings. The lowest BCUT2D eigenvalue weighted by Crippen LogP contribution is -2.07. The Labute approximate surface area is 141 Å². The number of ether oxygens (including phenoxy) is 1. The summed E-state index contributed by atoms with van der Waals surface area (Å²) in [7, 11) is 0. The van der Waals surface area contributed by atoms with Crippen LogP contribution < -0.4 is 10.5 Å².